The van der Waals surface area contributed by atoms with Crippen molar-refractivity contribution in [2.75, 3.05) is 35.7 Å². The van der Waals surface area contributed by atoms with E-state index in [1.807, 2.05) is 7.05 Å². The van der Waals surface area contributed by atoms with Gasteiger partial charge in [0.1, 0.15) is 0 Å². The minimum atomic E-state index is 0.478. The molecule has 2 unspecified atom stereocenters. The van der Waals surface area contributed by atoms with Crippen molar-refractivity contribution in [3.63, 3.8) is 0 Å². The van der Waals surface area contributed by atoms with Gasteiger partial charge in [-0.25, -0.2) is 0 Å². The second-order valence-electron chi connectivity index (χ2n) is 5.36. The van der Waals surface area contributed by atoms with Crippen LogP contribution in [0.2, 0.25) is 0 Å². The van der Waals surface area contributed by atoms with Gasteiger partial charge in [-0.05, 0) is 32.6 Å². The largest absolute Gasteiger partial charge is 0.357 e. The molecule has 6 nitrogen and oxygen atoms in total. The first-order valence-electron chi connectivity index (χ1n) is 7.63. The number of rotatable bonds is 6. The van der Waals surface area contributed by atoms with Crippen LogP contribution in [0.5, 0.6) is 0 Å². The maximum atomic E-state index is 4.57. The summed E-state index contributed by atoms with van der Waals surface area (Å²) in [6.45, 7) is 8.29. The monoisotopic (exact) mass is 278 g/mol. The average Bonchev–Trinajstić information content (AvgIpc) is 2.85. The Labute approximate surface area is 121 Å². The smallest absolute Gasteiger partial charge is 0.231 e. The highest BCUT2D eigenvalue weighted by molar-refractivity contribution is 5.44. The standard InChI is InChI=1S/C14H26N6/c1-5-20(6-2)14-18-12(15-4)17-13(19-14)16-11-9-7-8-10(11)3/h10-11H,5-9H2,1-4H3,(H2,15,16,17,18,19). The van der Waals surface area contributed by atoms with Crippen molar-refractivity contribution in [1.29, 1.82) is 0 Å². The lowest BCUT2D eigenvalue weighted by atomic mass is 10.1. The van der Waals surface area contributed by atoms with Crippen LogP contribution >= 0.6 is 0 Å². The summed E-state index contributed by atoms with van der Waals surface area (Å²) in [5.74, 6) is 2.73. The molecule has 2 N–H and O–H groups in total. The topological polar surface area (TPSA) is 66.0 Å². The van der Waals surface area contributed by atoms with E-state index < -0.39 is 0 Å². The molecule has 0 amide bonds. The third-order valence-electron chi connectivity index (χ3n) is 4.07. The van der Waals surface area contributed by atoms with E-state index >= 15 is 0 Å². The van der Waals surface area contributed by atoms with Gasteiger partial charge >= 0.3 is 0 Å². The maximum Gasteiger partial charge on any atom is 0.231 e. The van der Waals surface area contributed by atoms with Crippen molar-refractivity contribution in [2.45, 2.75) is 46.1 Å². The molecule has 0 bridgehead atoms. The molecule has 1 fully saturated rings. The number of aromatic nitrogens is 3. The molecule has 0 radical (unpaired) electrons. The summed E-state index contributed by atoms with van der Waals surface area (Å²) in [4.78, 5) is 15.6. The first-order chi connectivity index (χ1) is 9.67. The zero-order valence-electron chi connectivity index (χ0n) is 13.0. The SMILES string of the molecule is CCN(CC)c1nc(NC)nc(NC2CCCC2C)n1. The summed E-state index contributed by atoms with van der Waals surface area (Å²) in [5.41, 5.74) is 0. The van der Waals surface area contributed by atoms with Gasteiger partial charge in [-0.3, -0.25) is 0 Å². The molecule has 2 rings (SSSR count). The molecule has 0 aliphatic heterocycles. The van der Waals surface area contributed by atoms with E-state index in [-0.39, 0.29) is 0 Å². The van der Waals surface area contributed by atoms with Gasteiger partial charge in [0, 0.05) is 26.2 Å². The quantitative estimate of drug-likeness (QED) is 0.832. The normalized spacial score (nSPS) is 21.8. The van der Waals surface area contributed by atoms with Crippen molar-refractivity contribution >= 4 is 17.8 Å². The van der Waals surface area contributed by atoms with E-state index in [1.165, 1.54) is 19.3 Å². The molecule has 112 valence electrons. The predicted octanol–water partition coefficient (Wildman–Crippen LogP) is 2.36. The second kappa shape index (κ2) is 6.72. The molecule has 1 saturated carbocycles. The van der Waals surface area contributed by atoms with E-state index in [1.54, 1.807) is 0 Å². The highest BCUT2D eigenvalue weighted by Gasteiger charge is 2.24. The summed E-state index contributed by atoms with van der Waals surface area (Å²) < 4.78 is 0. The fourth-order valence-electron chi connectivity index (χ4n) is 2.71. The molecule has 1 aliphatic rings. The Balaban J connectivity index is 2.21. The van der Waals surface area contributed by atoms with Crippen LogP contribution in [-0.4, -0.2) is 41.1 Å². The van der Waals surface area contributed by atoms with Gasteiger partial charge in [0.2, 0.25) is 17.8 Å². The summed E-state index contributed by atoms with van der Waals surface area (Å²) in [6.07, 6.45) is 3.76. The summed E-state index contributed by atoms with van der Waals surface area (Å²) >= 11 is 0. The van der Waals surface area contributed by atoms with Crippen LogP contribution in [0.25, 0.3) is 0 Å². The molecule has 2 atom stereocenters. The van der Waals surface area contributed by atoms with E-state index in [2.05, 4.69) is 51.3 Å². The van der Waals surface area contributed by atoms with Crippen LogP contribution in [0, 0.1) is 5.92 Å². The molecule has 6 heteroatoms. The van der Waals surface area contributed by atoms with Crippen LogP contribution in [0.1, 0.15) is 40.0 Å². The molecule has 1 aliphatic carbocycles. The van der Waals surface area contributed by atoms with Gasteiger partial charge in [-0.15, -0.1) is 0 Å². The molecular formula is C14H26N6. The van der Waals surface area contributed by atoms with Gasteiger partial charge in [0.05, 0.1) is 0 Å². The number of hydrogen-bond donors (Lipinski definition) is 2. The van der Waals surface area contributed by atoms with Gasteiger partial charge in [0.15, 0.2) is 0 Å². The van der Waals surface area contributed by atoms with Gasteiger partial charge in [-0.2, -0.15) is 15.0 Å². The van der Waals surface area contributed by atoms with Gasteiger partial charge < -0.3 is 15.5 Å². The number of nitrogens with zero attached hydrogens (tertiary/aromatic N) is 4. The van der Waals surface area contributed by atoms with E-state index in [0.717, 1.165) is 19.0 Å². The number of anilines is 3. The van der Waals surface area contributed by atoms with Crippen molar-refractivity contribution in [1.82, 2.24) is 15.0 Å². The summed E-state index contributed by atoms with van der Waals surface area (Å²) in [6, 6.07) is 0.478. The van der Waals surface area contributed by atoms with E-state index in [9.17, 15) is 0 Å². The summed E-state index contributed by atoms with van der Waals surface area (Å²) in [7, 11) is 1.84. The molecular weight excluding hydrogens is 252 g/mol. The Morgan fingerprint density at radius 3 is 2.35 bits per heavy atom. The highest BCUT2D eigenvalue weighted by Crippen LogP contribution is 2.27. The molecule has 0 aromatic carbocycles. The van der Waals surface area contributed by atoms with Crippen LogP contribution in [-0.2, 0) is 0 Å². The highest BCUT2D eigenvalue weighted by atomic mass is 15.3. The lowest BCUT2D eigenvalue weighted by molar-refractivity contribution is 0.552. The van der Waals surface area contributed by atoms with E-state index in [0.29, 0.717) is 23.9 Å². The van der Waals surface area contributed by atoms with E-state index in [4.69, 9.17) is 0 Å². The van der Waals surface area contributed by atoms with Crippen molar-refractivity contribution < 1.29 is 0 Å². The first kappa shape index (κ1) is 14.8. The molecule has 0 saturated heterocycles. The Kier molecular flexibility index (Phi) is 4.98. The third kappa shape index (κ3) is 3.29. The zero-order valence-corrected chi connectivity index (χ0v) is 13.0. The number of hydrogen-bond acceptors (Lipinski definition) is 6. The number of nitrogens with one attached hydrogen (secondary N) is 2. The Bertz CT molecular complexity index is 432. The maximum absolute atomic E-state index is 4.57. The lowest BCUT2D eigenvalue weighted by Crippen LogP contribution is -2.27. The molecule has 1 aromatic heterocycles. The molecule has 1 aromatic rings. The fourth-order valence-corrected chi connectivity index (χ4v) is 2.71. The van der Waals surface area contributed by atoms with Crippen molar-refractivity contribution in [3.8, 4) is 0 Å². The molecule has 20 heavy (non-hydrogen) atoms. The predicted molar refractivity (Wildman–Crippen MR) is 83.4 cm³/mol. The minimum absolute atomic E-state index is 0.478. The zero-order chi connectivity index (χ0) is 14.5. The first-order valence-corrected chi connectivity index (χ1v) is 7.63. The molecule has 0 spiro atoms. The van der Waals surface area contributed by atoms with Gasteiger partial charge in [0.25, 0.3) is 0 Å². The van der Waals surface area contributed by atoms with Crippen LogP contribution in [0.4, 0.5) is 17.8 Å². The second-order valence-corrected chi connectivity index (χ2v) is 5.36. The minimum Gasteiger partial charge on any atom is -0.357 e. The van der Waals surface area contributed by atoms with Crippen molar-refractivity contribution in [3.05, 3.63) is 0 Å². The Morgan fingerprint density at radius 1 is 1.10 bits per heavy atom. The van der Waals surface area contributed by atoms with Crippen LogP contribution in [0.3, 0.4) is 0 Å². The fraction of sp³-hybridized carbons (Fsp3) is 0.786. The van der Waals surface area contributed by atoms with Crippen molar-refractivity contribution in [2.24, 2.45) is 5.92 Å². The van der Waals surface area contributed by atoms with Gasteiger partial charge in [-0.1, -0.05) is 13.3 Å². The lowest BCUT2D eigenvalue weighted by Gasteiger charge is -2.21. The Hall–Kier alpha value is -1.59. The van der Waals surface area contributed by atoms with Crippen LogP contribution < -0.4 is 15.5 Å². The molecule has 1 heterocycles. The third-order valence-corrected chi connectivity index (χ3v) is 4.07. The van der Waals surface area contributed by atoms with Crippen LogP contribution in [0.15, 0.2) is 0 Å². The summed E-state index contributed by atoms with van der Waals surface area (Å²) in [5, 5.41) is 6.50. The average molecular weight is 278 g/mol. The Morgan fingerprint density at radius 2 is 1.80 bits per heavy atom.